The first-order chi connectivity index (χ1) is 12.7. The van der Waals surface area contributed by atoms with Crippen LogP contribution in [-0.2, 0) is 4.79 Å². The summed E-state index contributed by atoms with van der Waals surface area (Å²) in [6.45, 7) is 4.15. The number of thiophene rings is 1. The maximum Gasteiger partial charge on any atom is 0.236 e. The number of para-hydroxylation sites is 1. The molecular weight excluding hydrogens is 349 g/mol. The van der Waals surface area contributed by atoms with Gasteiger partial charge in [-0.05, 0) is 53.9 Å². The molecule has 1 aromatic carbocycles. The van der Waals surface area contributed by atoms with Gasteiger partial charge in [-0.1, -0.05) is 12.1 Å². The van der Waals surface area contributed by atoms with E-state index < -0.39 is 0 Å². The van der Waals surface area contributed by atoms with E-state index in [2.05, 4.69) is 21.7 Å². The molecule has 2 fully saturated rings. The van der Waals surface area contributed by atoms with Crippen LogP contribution in [0.3, 0.4) is 0 Å². The monoisotopic (exact) mass is 373 g/mol. The third-order valence-corrected chi connectivity index (χ3v) is 6.16. The molecule has 2 aliphatic heterocycles. The van der Waals surface area contributed by atoms with Crippen molar-refractivity contribution in [3.05, 3.63) is 52.5 Å². The number of carbonyl (C=O) groups excluding carboxylic acids is 1. The van der Waals surface area contributed by atoms with E-state index >= 15 is 0 Å². The van der Waals surface area contributed by atoms with Gasteiger partial charge in [-0.25, -0.2) is 4.39 Å². The van der Waals surface area contributed by atoms with Gasteiger partial charge in [0.05, 0.1) is 12.2 Å². The zero-order valence-corrected chi connectivity index (χ0v) is 15.6. The van der Waals surface area contributed by atoms with Gasteiger partial charge in [0.2, 0.25) is 5.91 Å². The summed E-state index contributed by atoms with van der Waals surface area (Å²) >= 11 is 1.72. The number of nitrogens with zero attached hydrogens (tertiary/aromatic N) is 3. The summed E-state index contributed by atoms with van der Waals surface area (Å²) in [7, 11) is 0. The van der Waals surface area contributed by atoms with Crippen LogP contribution in [0.2, 0.25) is 0 Å². The molecule has 4 rings (SSSR count). The first kappa shape index (κ1) is 17.5. The first-order valence-electron chi connectivity index (χ1n) is 9.26. The van der Waals surface area contributed by atoms with E-state index in [-0.39, 0.29) is 11.7 Å². The van der Waals surface area contributed by atoms with Crippen LogP contribution in [0.15, 0.2) is 41.1 Å². The van der Waals surface area contributed by atoms with Gasteiger partial charge in [0, 0.05) is 32.2 Å². The summed E-state index contributed by atoms with van der Waals surface area (Å²) in [5.74, 6) is 0.00302. The summed E-state index contributed by atoms with van der Waals surface area (Å²) < 4.78 is 13.9. The Balaban J connectivity index is 1.33. The second kappa shape index (κ2) is 7.76. The van der Waals surface area contributed by atoms with Crippen LogP contribution in [0.25, 0.3) is 0 Å². The van der Waals surface area contributed by atoms with Gasteiger partial charge in [-0.15, -0.1) is 0 Å². The van der Waals surface area contributed by atoms with Crippen molar-refractivity contribution in [3.63, 3.8) is 0 Å². The van der Waals surface area contributed by atoms with Crippen LogP contribution in [0.4, 0.5) is 10.1 Å². The van der Waals surface area contributed by atoms with Gasteiger partial charge in [-0.2, -0.15) is 11.3 Å². The number of hydrogen-bond donors (Lipinski definition) is 0. The highest BCUT2D eigenvalue weighted by Crippen LogP contribution is 2.32. The molecule has 4 nitrogen and oxygen atoms in total. The zero-order valence-electron chi connectivity index (χ0n) is 14.8. The number of halogens is 1. The Morgan fingerprint density at radius 3 is 2.65 bits per heavy atom. The molecule has 2 aliphatic rings. The number of piperazine rings is 1. The van der Waals surface area contributed by atoms with Gasteiger partial charge in [0.1, 0.15) is 5.82 Å². The predicted octanol–water partition coefficient (Wildman–Crippen LogP) is 3.37. The highest BCUT2D eigenvalue weighted by molar-refractivity contribution is 7.07. The molecule has 1 atom stereocenters. The standard InChI is InChI=1S/C20H24FN3OS/c21-17-4-1-2-5-19(17)22-9-11-23(12-10-22)20(25)14-24-8-3-6-18(24)16-7-13-26-15-16/h1-2,4-5,7,13,15,18H,3,6,8-12,14H2. The Bertz CT molecular complexity index is 743. The van der Waals surface area contributed by atoms with Gasteiger partial charge >= 0.3 is 0 Å². The van der Waals surface area contributed by atoms with E-state index in [1.165, 1.54) is 11.6 Å². The smallest absolute Gasteiger partial charge is 0.236 e. The van der Waals surface area contributed by atoms with Crippen molar-refractivity contribution in [1.29, 1.82) is 0 Å². The molecule has 0 saturated carbocycles. The topological polar surface area (TPSA) is 26.8 Å². The normalized spacial score (nSPS) is 21.3. The van der Waals surface area contributed by atoms with E-state index in [0.29, 0.717) is 44.5 Å². The summed E-state index contributed by atoms with van der Waals surface area (Å²) in [5, 5.41) is 4.30. The highest BCUT2D eigenvalue weighted by Gasteiger charge is 2.30. The molecule has 0 bridgehead atoms. The van der Waals surface area contributed by atoms with Crippen LogP contribution in [-0.4, -0.2) is 55.0 Å². The zero-order chi connectivity index (χ0) is 17.9. The molecule has 0 radical (unpaired) electrons. The lowest BCUT2D eigenvalue weighted by atomic mass is 10.1. The molecular formula is C20H24FN3OS. The Kier molecular flexibility index (Phi) is 5.22. The molecule has 138 valence electrons. The van der Waals surface area contributed by atoms with Gasteiger partial charge in [-0.3, -0.25) is 9.69 Å². The second-order valence-corrected chi connectivity index (χ2v) is 7.78. The summed E-state index contributed by atoms with van der Waals surface area (Å²) in [4.78, 5) is 19.0. The SMILES string of the molecule is O=C(CN1CCCC1c1ccsc1)N1CCN(c2ccccc2F)CC1. The fraction of sp³-hybridized carbons (Fsp3) is 0.450. The molecule has 1 aromatic heterocycles. The van der Waals surface area contributed by atoms with Crippen molar-refractivity contribution >= 4 is 22.9 Å². The summed E-state index contributed by atoms with van der Waals surface area (Å²) in [6, 6.07) is 9.41. The van der Waals surface area contributed by atoms with Crippen LogP contribution in [0, 0.1) is 5.82 Å². The Hall–Kier alpha value is -1.92. The minimum Gasteiger partial charge on any atom is -0.366 e. The minimum absolute atomic E-state index is 0.192. The van der Waals surface area contributed by atoms with E-state index in [9.17, 15) is 9.18 Å². The fourth-order valence-corrected chi connectivity index (χ4v) is 4.74. The predicted molar refractivity (Wildman–Crippen MR) is 103 cm³/mol. The maximum absolute atomic E-state index is 13.9. The minimum atomic E-state index is -0.192. The molecule has 0 aliphatic carbocycles. The third-order valence-electron chi connectivity index (χ3n) is 5.46. The number of hydrogen-bond acceptors (Lipinski definition) is 4. The lowest BCUT2D eigenvalue weighted by molar-refractivity contribution is -0.133. The van der Waals surface area contributed by atoms with Crippen molar-refractivity contribution in [2.24, 2.45) is 0 Å². The van der Waals surface area contributed by atoms with Gasteiger partial charge in [0.25, 0.3) is 0 Å². The number of carbonyl (C=O) groups is 1. The number of likely N-dealkylation sites (tertiary alicyclic amines) is 1. The molecule has 0 spiro atoms. The molecule has 1 amide bonds. The fourth-order valence-electron chi connectivity index (χ4n) is 4.04. The molecule has 2 aromatic rings. The lowest BCUT2D eigenvalue weighted by Gasteiger charge is -2.37. The summed E-state index contributed by atoms with van der Waals surface area (Å²) in [6.07, 6.45) is 2.28. The average Bonchev–Trinajstić information content (AvgIpc) is 3.33. The van der Waals surface area contributed by atoms with Crippen LogP contribution in [0.1, 0.15) is 24.4 Å². The quantitative estimate of drug-likeness (QED) is 0.822. The van der Waals surface area contributed by atoms with E-state index in [1.54, 1.807) is 17.4 Å². The Morgan fingerprint density at radius 1 is 1.12 bits per heavy atom. The molecule has 3 heterocycles. The van der Waals surface area contributed by atoms with Crippen molar-refractivity contribution in [2.75, 3.05) is 44.2 Å². The molecule has 0 N–H and O–H groups in total. The number of anilines is 1. The van der Waals surface area contributed by atoms with Crippen LogP contribution >= 0.6 is 11.3 Å². The van der Waals surface area contributed by atoms with Crippen molar-refractivity contribution in [1.82, 2.24) is 9.80 Å². The van der Waals surface area contributed by atoms with Crippen LogP contribution < -0.4 is 4.90 Å². The van der Waals surface area contributed by atoms with Gasteiger partial charge < -0.3 is 9.80 Å². The first-order valence-corrected chi connectivity index (χ1v) is 10.2. The van der Waals surface area contributed by atoms with Gasteiger partial charge in [0.15, 0.2) is 0 Å². The molecule has 26 heavy (non-hydrogen) atoms. The maximum atomic E-state index is 13.9. The molecule has 6 heteroatoms. The lowest BCUT2D eigenvalue weighted by Crippen LogP contribution is -2.51. The average molecular weight is 373 g/mol. The Morgan fingerprint density at radius 2 is 1.92 bits per heavy atom. The van der Waals surface area contributed by atoms with E-state index in [4.69, 9.17) is 0 Å². The van der Waals surface area contributed by atoms with E-state index in [0.717, 1.165) is 19.4 Å². The molecule has 2 saturated heterocycles. The largest absolute Gasteiger partial charge is 0.366 e. The Labute approximate surface area is 157 Å². The number of benzene rings is 1. The van der Waals surface area contributed by atoms with Crippen LogP contribution in [0.5, 0.6) is 0 Å². The number of amides is 1. The second-order valence-electron chi connectivity index (χ2n) is 7.00. The van der Waals surface area contributed by atoms with E-state index in [1.807, 2.05) is 21.9 Å². The third kappa shape index (κ3) is 3.62. The highest BCUT2D eigenvalue weighted by atomic mass is 32.1. The molecule has 1 unspecified atom stereocenters. The number of rotatable bonds is 4. The summed E-state index contributed by atoms with van der Waals surface area (Å²) in [5.41, 5.74) is 1.97. The van der Waals surface area contributed by atoms with Crippen molar-refractivity contribution < 1.29 is 9.18 Å². The van der Waals surface area contributed by atoms with Crippen molar-refractivity contribution in [2.45, 2.75) is 18.9 Å². The van der Waals surface area contributed by atoms with Crippen molar-refractivity contribution in [3.8, 4) is 0 Å².